The molecule has 5 heteroatoms. The molecule has 1 aromatic heterocycles. The third kappa shape index (κ3) is 6.56. The monoisotopic (exact) mass is 386 g/mol. The predicted molar refractivity (Wildman–Crippen MR) is 114 cm³/mol. The summed E-state index contributed by atoms with van der Waals surface area (Å²) >= 11 is 0. The van der Waals surface area contributed by atoms with Crippen molar-refractivity contribution in [1.29, 1.82) is 0 Å². The third-order valence-electron chi connectivity index (χ3n) is 6.53. The van der Waals surface area contributed by atoms with Gasteiger partial charge in [-0.25, -0.2) is 0 Å². The lowest BCUT2D eigenvalue weighted by Gasteiger charge is -2.41. The smallest absolute Gasteiger partial charge is 0.220 e. The number of hydrogen-bond acceptors (Lipinski definition) is 4. The average Bonchev–Trinajstić information content (AvgIpc) is 2.96. The predicted octanol–water partition coefficient (Wildman–Crippen LogP) is 3.45. The number of pyridine rings is 1. The van der Waals surface area contributed by atoms with Crippen molar-refractivity contribution in [2.24, 2.45) is 5.92 Å². The molecule has 28 heavy (non-hydrogen) atoms. The molecule has 1 N–H and O–H groups in total. The summed E-state index contributed by atoms with van der Waals surface area (Å²) in [6, 6.07) is 5.14. The van der Waals surface area contributed by atoms with E-state index in [1.165, 1.54) is 37.7 Å². The molecule has 1 aliphatic carbocycles. The Kier molecular flexibility index (Phi) is 8.28. The Bertz CT molecular complexity index is 584. The molecule has 1 saturated heterocycles. The number of rotatable bonds is 7. The van der Waals surface area contributed by atoms with E-state index in [9.17, 15) is 4.79 Å². The van der Waals surface area contributed by atoms with Crippen LogP contribution in [-0.4, -0.2) is 60.0 Å². The molecule has 5 nitrogen and oxygen atoms in total. The topological polar surface area (TPSA) is 48.5 Å². The largest absolute Gasteiger partial charge is 0.353 e. The summed E-state index contributed by atoms with van der Waals surface area (Å²) in [7, 11) is 4.36. The second-order valence-corrected chi connectivity index (χ2v) is 8.97. The lowest BCUT2D eigenvalue weighted by atomic mass is 9.87. The van der Waals surface area contributed by atoms with Gasteiger partial charge >= 0.3 is 0 Å². The minimum atomic E-state index is 0.258. The summed E-state index contributed by atoms with van der Waals surface area (Å²) in [5.41, 5.74) is 1.27. The maximum Gasteiger partial charge on any atom is 0.220 e. The fourth-order valence-electron chi connectivity index (χ4n) is 4.99. The standard InChI is InChI=1S/C23H38N4O/c1-26(2)22-13-15-27(17-19-8-7-14-24-16-19)18-20(22)11-12-23(28)25-21-9-5-3-4-6-10-21/h7-8,14,16,20-22H,3-6,9-13,15,17-18H2,1-2H3,(H,25,28)/t20-,22+/m0/s1. The molecule has 2 fully saturated rings. The summed E-state index contributed by atoms with van der Waals surface area (Å²) in [6.07, 6.45) is 14.1. The lowest BCUT2D eigenvalue weighted by Crippen LogP contribution is -2.49. The first kappa shape index (κ1) is 21.3. The van der Waals surface area contributed by atoms with Gasteiger partial charge in [0.15, 0.2) is 0 Å². The molecule has 2 atom stereocenters. The van der Waals surface area contributed by atoms with E-state index >= 15 is 0 Å². The maximum absolute atomic E-state index is 12.6. The molecule has 3 rings (SSSR count). The van der Waals surface area contributed by atoms with E-state index in [2.05, 4.69) is 40.3 Å². The molecule has 0 bridgehead atoms. The first-order valence-electron chi connectivity index (χ1n) is 11.2. The van der Waals surface area contributed by atoms with Gasteiger partial charge in [0.25, 0.3) is 0 Å². The van der Waals surface area contributed by atoms with Crippen LogP contribution < -0.4 is 5.32 Å². The Morgan fingerprint density at radius 2 is 2.00 bits per heavy atom. The number of likely N-dealkylation sites (tertiary alicyclic amines) is 1. The summed E-state index contributed by atoms with van der Waals surface area (Å²) in [5.74, 6) is 0.800. The van der Waals surface area contributed by atoms with Gasteiger partial charge in [0, 0.05) is 44.0 Å². The fraction of sp³-hybridized carbons (Fsp3) is 0.739. The zero-order valence-corrected chi connectivity index (χ0v) is 17.8. The average molecular weight is 387 g/mol. The van der Waals surface area contributed by atoms with Gasteiger partial charge in [-0.05, 0) is 63.9 Å². The Morgan fingerprint density at radius 1 is 1.21 bits per heavy atom. The van der Waals surface area contributed by atoms with Gasteiger partial charge in [0.05, 0.1) is 0 Å². The molecule has 0 aromatic carbocycles. The summed E-state index contributed by atoms with van der Waals surface area (Å²) in [6.45, 7) is 3.13. The number of piperidine rings is 1. The Labute approximate surface area is 170 Å². The number of aromatic nitrogens is 1. The summed E-state index contributed by atoms with van der Waals surface area (Å²) in [4.78, 5) is 21.7. The van der Waals surface area contributed by atoms with Crippen molar-refractivity contribution in [3.63, 3.8) is 0 Å². The Balaban J connectivity index is 1.50. The van der Waals surface area contributed by atoms with Gasteiger partial charge in [-0.3, -0.25) is 14.7 Å². The molecule has 0 radical (unpaired) electrons. The number of amides is 1. The van der Waals surface area contributed by atoms with Crippen LogP contribution in [-0.2, 0) is 11.3 Å². The van der Waals surface area contributed by atoms with Crippen LogP contribution in [0.25, 0.3) is 0 Å². The van der Waals surface area contributed by atoms with E-state index in [1.54, 1.807) is 0 Å². The van der Waals surface area contributed by atoms with Gasteiger partial charge < -0.3 is 10.2 Å². The molecule has 1 aliphatic heterocycles. The van der Waals surface area contributed by atoms with Crippen LogP contribution in [0.5, 0.6) is 0 Å². The molecule has 0 spiro atoms. The molecular formula is C23H38N4O. The quantitative estimate of drug-likeness (QED) is 0.729. The van der Waals surface area contributed by atoms with E-state index in [0.717, 1.165) is 38.9 Å². The number of hydrogen-bond donors (Lipinski definition) is 1. The molecule has 0 unspecified atom stereocenters. The Morgan fingerprint density at radius 3 is 2.68 bits per heavy atom. The lowest BCUT2D eigenvalue weighted by molar-refractivity contribution is -0.122. The van der Waals surface area contributed by atoms with Crippen molar-refractivity contribution < 1.29 is 4.79 Å². The van der Waals surface area contributed by atoms with Gasteiger partial charge in [0.1, 0.15) is 0 Å². The van der Waals surface area contributed by atoms with Crippen molar-refractivity contribution >= 4 is 5.91 Å². The maximum atomic E-state index is 12.6. The minimum absolute atomic E-state index is 0.258. The molecular weight excluding hydrogens is 348 g/mol. The summed E-state index contributed by atoms with van der Waals surface area (Å²) < 4.78 is 0. The van der Waals surface area contributed by atoms with E-state index in [-0.39, 0.29) is 5.91 Å². The zero-order chi connectivity index (χ0) is 19.8. The SMILES string of the molecule is CN(C)[C@@H]1CCN(Cc2cccnc2)C[C@@H]1CCC(=O)NC1CCCCCC1. The molecule has 1 amide bonds. The number of nitrogens with zero attached hydrogens (tertiary/aromatic N) is 3. The van der Waals surface area contributed by atoms with Crippen molar-refractivity contribution in [2.45, 2.75) is 76.4 Å². The molecule has 1 saturated carbocycles. The minimum Gasteiger partial charge on any atom is -0.353 e. The normalized spacial score (nSPS) is 24.8. The van der Waals surface area contributed by atoms with E-state index in [4.69, 9.17) is 0 Å². The van der Waals surface area contributed by atoms with Crippen molar-refractivity contribution in [2.75, 3.05) is 27.2 Å². The highest BCUT2D eigenvalue weighted by molar-refractivity contribution is 5.76. The molecule has 156 valence electrons. The van der Waals surface area contributed by atoms with Crippen molar-refractivity contribution in [3.8, 4) is 0 Å². The highest BCUT2D eigenvalue weighted by Gasteiger charge is 2.31. The van der Waals surface area contributed by atoms with Crippen LogP contribution in [0.2, 0.25) is 0 Å². The third-order valence-corrected chi connectivity index (χ3v) is 6.53. The van der Waals surface area contributed by atoms with Crippen LogP contribution in [0, 0.1) is 5.92 Å². The molecule has 1 aromatic rings. The zero-order valence-electron chi connectivity index (χ0n) is 17.8. The van der Waals surface area contributed by atoms with Crippen LogP contribution in [0.4, 0.5) is 0 Å². The van der Waals surface area contributed by atoms with E-state index < -0.39 is 0 Å². The van der Waals surface area contributed by atoms with Crippen LogP contribution in [0.15, 0.2) is 24.5 Å². The number of nitrogens with one attached hydrogen (secondary N) is 1. The van der Waals surface area contributed by atoms with Crippen molar-refractivity contribution in [3.05, 3.63) is 30.1 Å². The van der Waals surface area contributed by atoms with Crippen molar-refractivity contribution in [1.82, 2.24) is 20.1 Å². The first-order valence-corrected chi connectivity index (χ1v) is 11.2. The van der Waals surface area contributed by atoms with Crippen LogP contribution >= 0.6 is 0 Å². The number of carbonyl (C=O) groups is 1. The highest BCUT2D eigenvalue weighted by atomic mass is 16.1. The van der Waals surface area contributed by atoms with Gasteiger partial charge in [0.2, 0.25) is 5.91 Å². The second-order valence-electron chi connectivity index (χ2n) is 8.97. The fourth-order valence-corrected chi connectivity index (χ4v) is 4.99. The highest BCUT2D eigenvalue weighted by Crippen LogP contribution is 2.26. The molecule has 2 aliphatic rings. The van der Waals surface area contributed by atoms with Gasteiger partial charge in [-0.2, -0.15) is 0 Å². The number of carbonyl (C=O) groups excluding carboxylic acids is 1. The first-order chi connectivity index (χ1) is 13.6. The second kappa shape index (κ2) is 10.9. The van der Waals surface area contributed by atoms with E-state index in [0.29, 0.717) is 24.4 Å². The Hall–Kier alpha value is -1.46. The van der Waals surface area contributed by atoms with Gasteiger partial charge in [-0.1, -0.05) is 31.7 Å². The molecule has 2 heterocycles. The summed E-state index contributed by atoms with van der Waals surface area (Å²) in [5, 5.41) is 3.32. The van der Waals surface area contributed by atoms with Crippen LogP contribution in [0.3, 0.4) is 0 Å². The van der Waals surface area contributed by atoms with Crippen LogP contribution in [0.1, 0.15) is 63.4 Å². The van der Waals surface area contributed by atoms with E-state index in [1.807, 2.05) is 18.5 Å². The van der Waals surface area contributed by atoms with Gasteiger partial charge in [-0.15, -0.1) is 0 Å².